The molecule has 0 unspecified atom stereocenters. The van der Waals surface area contributed by atoms with E-state index < -0.39 is 60.1 Å². The number of ether oxygens (including phenoxy) is 1. The van der Waals surface area contributed by atoms with E-state index in [0.29, 0.717) is 22.6 Å². The summed E-state index contributed by atoms with van der Waals surface area (Å²) in [6.07, 6.45) is -1.08. The van der Waals surface area contributed by atoms with E-state index in [9.17, 15) is 19.1 Å². The predicted octanol–water partition coefficient (Wildman–Crippen LogP) is 6.79. The fraction of sp³-hybridized carbons (Fsp3) is 0.273. The van der Waals surface area contributed by atoms with Crippen LogP contribution in [0.25, 0.3) is 22.4 Å². The van der Waals surface area contributed by atoms with Gasteiger partial charge in [-0.15, -0.1) is 0 Å². The Morgan fingerprint density at radius 3 is 2.45 bits per heavy atom. The van der Waals surface area contributed by atoms with Crippen LogP contribution in [0.1, 0.15) is 61.9 Å². The minimum absolute atomic E-state index is 0.0957. The van der Waals surface area contributed by atoms with Crippen LogP contribution in [0.2, 0.25) is 0 Å². The maximum absolute atomic E-state index is 14.3. The molecule has 1 amide bonds. The highest BCUT2D eigenvalue weighted by molar-refractivity contribution is 6.12. The van der Waals surface area contributed by atoms with Crippen molar-refractivity contribution in [2.75, 3.05) is 5.32 Å². The number of para-hydroxylation sites is 1. The zero-order chi connectivity index (χ0) is 32.6. The van der Waals surface area contributed by atoms with Crippen molar-refractivity contribution in [3.8, 4) is 22.4 Å². The number of esters is 1. The lowest BCUT2D eigenvalue weighted by atomic mass is 9.94. The number of nitrogens with one attached hydrogen (secondary N) is 1. The van der Waals surface area contributed by atoms with E-state index in [4.69, 9.17) is 11.6 Å². The number of nitrogens with zero attached hydrogens (tertiary/aromatic N) is 1. The lowest BCUT2D eigenvalue weighted by molar-refractivity contribution is -0.160. The molecule has 7 heteroatoms. The summed E-state index contributed by atoms with van der Waals surface area (Å²) in [4.78, 5) is 26.4. The summed E-state index contributed by atoms with van der Waals surface area (Å²) < 4.78 is 64.2. The van der Waals surface area contributed by atoms with Gasteiger partial charge in [0.2, 0.25) is 0 Å². The first-order valence-corrected chi connectivity index (χ1v) is 13.2. The summed E-state index contributed by atoms with van der Waals surface area (Å²) in [5.41, 5.74) is 1.83. The number of anilines is 1. The molecule has 1 fully saturated rings. The van der Waals surface area contributed by atoms with Gasteiger partial charge in [-0.1, -0.05) is 62.3 Å². The molecule has 0 bridgehead atoms. The van der Waals surface area contributed by atoms with Crippen molar-refractivity contribution < 1.29 is 30.7 Å². The number of cyclic esters (lactones) is 1. The molecule has 5 rings (SSSR count). The minimum atomic E-state index is -0.851. The summed E-state index contributed by atoms with van der Waals surface area (Å²) in [5.74, 6) is -1.90. The Hall–Kier alpha value is -4.23. The van der Waals surface area contributed by atoms with Gasteiger partial charge in [-0.25, -0.2) is 4.39 Å². The number of hydrogen-bond acceptors (Lipinski definition) is 4. The molecule has 2 heterocycles. The lowest BCUT2D eigenvalue weighted by Gasteiger charge is -2.27. The Bertz CT molecular complexity index is 1730. The minimum Gasteiger partial charge on any atom is -0.462 e. The predicted molar refractivity (Wildman–Crippen MR) is 153 cm³/mol. The van der Waals surface area contributed by atoms with Crippen molar-refractivity contribution in [3.63, 3.8) is 0 Å². The summed E-state index contributed by atoms with van der Waals surface area (Å²) in [6, 6.07) is 11.5. The topological polar surface area (TPSA) is 80.6 Å². The van der Waals surface area contributed by atoms with Gasteiger partial charge in [-0.05, 0) is 53.4 Å². The molecule has 4 aromatic rings. The Balaban J connectivity index is 1.84. The second kappa shape index (κ2) is 11.9. The van der Waals surface area contributed by atoms with Crippen molar-refractivity contribution >= 4 is 17.6 Å². The van der Waals surface area contributed by atoms with Crippen LogP contribution < -0.4 is 5.32 Å². The summed E-state index contributed by atoms with van der Waals surface area (Å²) in [5, 5.41) is 13.1. The van der Waals surface area contributed by atoms with Gasteiger partial charge in [0.15, 0.2) is 0 Å². The van der Waals surface area contributed by atoms with Gasteiger partial charge in [0.05, 0.1) is 30.6 Å². The monoisotopic (exact) mass is 545 g/mol. The number of amides is 1. The van der Waals surface area contributed by atoms with Crippen LogP contribution in [-0.4, -0.2) is 33.8 Å². The van der Waals surface area contributed by atoms with Gasteiger partial charge in [0, 0.05) is 36.3 Å². The molecule has 0 saturated carbocycles. The largest absolute Gasteiger partial charge is 0.462 e. The van der Waals surface area contributed by atoms with Gasteiger partial charge < -0.3 is 19.7 Å². The number of hydrogen-bond donors (Lipinski definition) is 2. The molecule has 0 spiro atoms. The number of aliphatic hydroxyl groups is 1. The van der Waals surface area contributed by atoms with Crippen molar-refractivity contribution in [3.05, 3.63) is 102 Å². The summed E-state index contributed by atoms with van der Waals surface area (Å²) in [6.45, 7) is 3.92. The SMILES string of the molecule is [2H]c1c([2H])c([2H])c(-c2c(C(=O)Nc3ccccc3)c(C(C)C)n(CC[C@@H]3C[C@@H](O)CC(=O)O3)c2-c2ccc(F)cc2)c([2H])c1[2H]. The number of aliphatic hydroxyl groups excluding tert-OH is 1. The smallest absolute Gasteiger partial charge is 0.308 e. The molecule has 0 aliphatic carbocycles. The van der Waals surface area contributed by atoms with Crippen LogP contribution in [0.15, 0.2) is 84.8 Å². The molecule has 206 valence electrons. The molecule has 6 nitrogen and oxygen atoms in total. The quantitative estimate of drug-likeness (QED) is 0.239. The van der Waals surface area contributed by atoms with Gasteiger partial charge in [0.25, 0.3) is 5.91 Å². The van der Waals surface area contributed by atoms with Crippen LogP contribution >= 0.6 is 0 Å². The first-order valence-electron chi connectivity index (χ1n) is 15.7. The molecule has 2 N–H and O–H groups in total. The molecule has 1 aliphatic heterocycles. The van der Waals surface area contributed by atoms with Gasteiger partial charge in [0.1, 0.15) is 11.9 Å². The molecule has 1 aromatic heterocycles. The van der Waals surface area contributed by atoms with E-state index in [1.165, 1.54) is 24.3 Å². The van der Waals surface area contributed by atoms with E-state index in [1.807, 2.05) is 18.4 Å². The molecule has 1 saturated heterocycles. The first kappa shape index (κ1) is 21.6. The maximum Gasteiger partial charge on any atom is 0.308 e. The third-order valence-electron chi connectivity index (χ3n) is 6.89. The second-order valence-corrected chi connectivity index (χ2v) is 10.1. The highest BCUT2D eigenvalue weighted by Crippen LogP contribution is 2.42. The number of benzene rings is 3. The van der Waals surface area contributed by atoms with Crippen molar-refractivity contribution in [1.29, 1.82) is 0 Å². The number of carbonyl (C=O) groups excluding carboxylic acids is 2. The number of carbonyl (C=O) groups is 2. The molecule has 0 radical (unpaired) electrons. The Kier molecular flexibility index (Phi) is 6.41. The highest BCUT2D eigenvalue weighted by atomic mass is 19.1. The summed E-state index contributed by atoms with van der Waals surface area (Å²) >= 11 is 0. The van der Waals surface area contributed by atoms with Gasteiger partial charge in [-0.3, -0.25) is 9.59 Å². The van der Waals surface area contributed by atoms with Gasteiger partial charge >= 0.3 is 5.97 Å². The second-order valence-electron chi connectivity index (χ2n) is 10.1. The van der Waals surface area contributed by atoms with Crippen LogP contribution in [0, 0.1) is 5.82 Å². The number of rotatable bonds is 8. The Morgan fingerprint density at radius 1 is 1.10 bits per heavy atom. The van der Waals surface area contributed by atoms with Crippen molar-refractivity contribution in [2.24, 2.45) is 0 Å². The fourth-order valence-electron chi connectivity index (χ4n) is 5.25. The number of halogens is 1. The van der Waals surface area contributed by atoms with E-state index in [2.05, 4.69) is 5.32 Å². The number of aromatic nitrogens is 1. The van der Waals surface area contributed by atoms with Crippen molar-refractivity contribution in [1.82, 2.24) is 4.57 Å². The molecule has 3 aromatic carbocycles. The maximum atomic E-state index is 14.3. The van der Waals surface area contributed by atoms with E-state index in [1.54, 1.807) is 30.3 Å². The van der Waals surface area contributed by atoms with E-state index >= 15 is 0 Å². The van der Waals surface area contributed by atoms with Crippen LogP contribution in [0.4, 0.5) is 10.1 Å². The van der Waals surface area contributed by atoms with E-state index in [-0.39, 0.29) is 48.4 Å². The third kappa shape index (κ3) is 5.84. The zero-order valence-electron chi connectivity index (χ0n) is 27.3. The highest BCUT2D eigenvalue weighted by Gasteiger charge is 2.32. The van der Waals surface area contributed by atoms with Crippen molar-refractivity contribution in [2.45, 2.75) is 57.8 Å². The standard InChI is InChI=1S/C33H33FN2O4/c1-21(2)31-30(33(39)35-25-11-7-4-8-12-25)29(22-9-5-3-6-10-22)32(23-13-15-24(34)16-14-23)36(31)18-17-27-19-26(37)20-28(38)40-27/h3-16,21,26-27,37H,17-20H2,1-2H3,(H,35,39)/t26-,27-/m1/s1/i3D,5D,6D,9D,10D. The first-order chi connectivity index (χ1) is 21.4. The fourth-order valence-corrected chi connectivity index (χ4v) is 5.25. The normalized spacial score (nSPS) is 18.8. The van der Waals surface area contributed by atoms with Crippen LogP contribution in [0.5, 0.6) is 0 Å². The van der Waals surface area contributed by atoms with Gasteiger partial charge in [-0.2, -0.15) is 0 Å². The molecule has 40 heavy (non-hydrogen) atoms. The molecule has 1 aliphatic rings. The molecular weight excluding hydrogens is 507 g/mol. The van der Waals surface area contributed by atoms with E-state index in [0.717, 1.165) is 0 Å². The average Bonchev–Trinajstić information content (AvgIpc) is 3.33. The summed E-state index contributed by atoms with van der Waals surface area (Å²) in [7, 11) is 0. The zero-order valence-corrected chi connectivity index (χ0v) is 22.3. The Morgan fingerprint density at radius 2 is 1.80 bits per heavy atom. The van der Waals surface area contributed by atoms with Crippen LogP contribution in [-0.2, 0) is 16.1 Å². The third-order valence-corrected chi connectivity index (χ3v) is 6.89. The Labute approximate surface area is 240 Å². The molecular formula is C33H33FN2O4. The molecule has 2 atom stereocenters. The average molecular weight is 546 g/mol. The van der Waals surface area contributed by atoms with Crippen LogP contribution in [0.3, 0.4) is 0 Å². The lowest BCUT2D eigenvalue weighted by Crippen LogP contribution is -2.33.